The molecule has 13 heavy (non-hydrogen) atoms. The molecule has 0 unspecified atom stereocenters. The maximum Gasteiger partial charge on any atom is 0.0844 e. The zero-order valence-electron chi connectivity index (χ0n) is 8.59. The van der Waals surface area contributed by atoms with Crippen LogP contribution in [0.2, 0.25) is 0 Å². The average Bonchev–Trinajstić information content (AvgIpc) is 2.16. The van der Waals surface area contributed by atoms with Gasteiger partial charge in [0.25, 0.3) is 0 Å². The van der Waals surface area contributed by atoms with Crippen LogP contribution in [0.15, 0.2) is 0 Å². The monoisotopic (exact) mass is 189 g/mol. The normalized spacial score (nSPS) is 10.6. The number of unbranched alkanes of at least 4 members (excludes halogenated alkanes) is 1. The quantitative estimate of drug-likeness (QED) is 0.493. The van der Waals surface area contributed by atoms with Gasteiger partial charge in [-0.05, 0) is 25.7 Å². The number of hydrogen-bond donors (Lipinski definition) is 0. The highest BCUT2D eigenvalue weighted by Crippen LogP contribution is 1.93. The molecule has 3 heteroatoms. The van der Waals surface area contributed by atoms with Gasteiger partial charge in [0.05, 0.1) is 6.61 Å². The van der Waals surface area contributed by atoms with Crippen LogP contribution in [-0.2, 0) is 14.6 Å². The predicted molar refractivity (Wildman–Crippen MR) is 51.3 cm³/mol. The number of rotatable bonds is 10. The van der Waals surface area contributed by atoms with E-state index in [4.69, 9.17) is 9.47 Å². The standard InChI is InChI=1S/C10H21O3/c1-2-7-12-8-3-4-9-13-10-5-6-11/h2-10H2,1H3. The van der Waals surface area contributed by atoms with Crippen LogP contribution in [0.5, 0.6) is 0 Å². The summed E-state index contributed by atoms with van der Waals surface area (Å²) in [7, 11) is 0. The van der Waals surface area contributed by atoms with E-state index in [1.807, 2.05) is 0 Å². The van der Waals surface area contributed by atoms with Gasteiger partial charge in [-0.15, -0.1) is 0 Å². The molecule has 0 atom stereocenters. The van der Waals surface area contributed by atoms with E-state index in [-0.39, 0.29) is 6.61 Å². The van der Waals surface area contributed by atoms with Crippen molar-refractivity contribution in [2.45, 2.75) is 32.6 Å². The fraction of sp³-hybridized carbons (Fsp3) is 1.00. The van der Waals surface area contributed by atoms with Crippen molar-refractivity contribution in [3.05, 3.63) is 0 Å². The van der Waals surface area contributed by atoms with Crippen LogP contribution < -0.4 is 0 Å². The molecule has 0 aliphatic rings. The van der Waals surface area contributed by atoms with E-state index >= 15 is 0 Å². The molecule has 0 spiro atoms. The fourth-order valence-corrected chi connectivity index (χ4v) is 0.918. The van der Waals surface area contributed by atoms with Crippen LogP contribution in [0.25, 0.3) is 0 Å². The first-order valence-electron chi connectivity index (χ1n) is 5.15. The van der Waals surface area contributed by atoms with Gasteiger partial charge in [-0.1, -0.05) is 6.92 Å². The maximum absolute atomic E-state index is 10.0. The third kappa shape index (κ3) is 11.9. The Morgan fingerprint density at radius 1 is 0.846 bits per heavy atom. The van der Waals surface area contributed by atoms with Gasteiger partial charge in [0.15, 0.2) is 0 Å². The van der Waals surface area contributed by atoms with Gasteiger partial charge in [0, 0.05) is 26.4 Å². The molecule has 0 saturated heterocycles. The summed E-state index contributed by atoms with van der Waals surface area (Å²) in [6, 6.07) is 0. The lowest BCUT2D eigenvalue weighted by atomic mass is 10.3. The Bertz CT molecular complexity index is 76.2. The van der Waals surface area contributed by atoms with Gasteiger partial charge >= 0.3 is 0 Å². The first kappa shape index (κ1) is 12.9. The van der Waals surface area contributed by atoms with Crippen LogP contribution in [0.3, 0.4) is 0 Å². The molecule has 0 aromatic heterocycles. The molecule has 79 valence electrons. The third-order valence-electron chi connectivity index (χ3n) is 1.61. The van der Waals surface area contributed by atoms with E-state index in [0.717, 1.165) is 39.1 Å². The summed E-state index contributed by atoms with van der Waals surface area (Å²) in [5.41, 5.74) is 0. The summed E-state index contributed by atoms with van der Waals surface area (Å²) in [4.78, 5) is 0. The molecule has 0 fully saturated rings. The Morgan fingerprint density at radius 3 is 1.92 bits per heavy atom. The molecule has 0 aromatic carbocycles. The Labute approximate surface area is 81.0 Å². The summed E-state index contributed by atoms with van der Waals surface area (Å²) in [5.74, 6) is 0. The molecule has 0 aliphatic heterocycles. The van der Waals surface area contributed by atoms with Crippen molar-refractivity contribution in [1.29, 1.82) is 0 Å². The lowest BCUT2D eigenvalue weighted by molar-refractivity contribution is 0.0855. The van der Waals surface area contributed by atoms with E-state index in [2.05, 4.69) is 6.92 Å². The van der Waals surface area contributed by atoms with E-state index < -0.39 is 0 Å². The smallest absolute Gasteiger partial charge is 0.0844 e. The fourth-order valence-electron chi connectivity index (χ4n) is 0.918. The molecule has 0 rings (SSSR count). The molecule has 0 aromatic rings. The SMILES string of the molecule is CCCOCCCCOCCC[O]. The van der Waals surface area contributed by atoms with Gasteiger partial charge in [0.1, 0.15) is 0 Å². The Hall–Kier alpha value is -0.120. The molecule has 1 radical (unpaired) electrons. The highest BCUT2D eigenvalue weighted by molar-refractivity contribution is 4.39. The maximum atomic E-state index is 10.0. The molecule has 0 amide bonds. The highest BCUT2D eigenvalue weighted by Gasteiger charge is 1.90. The summed E-state index contributed by atoms with van der Waals surface area (Å²) >= 11 is 0. The summed E-state index contributed by atoms with van der Waals surface area (Å²) in [5, 5.41) is 10.0. The summed E-state index contributed by atoms with van der Waals surface area (Å²) in [6.07, 6.45) is 3.80. The third-order valence-corrected chi connectivity index (χ3v) is 1.61. The zero-order chi connectivity index (χ0) is 9.78. The Morgan fingerprint density at radius 2 is 1.38 bits per heavy atom. The number of ether oxygens (including phenoxy) is 2. The molecule has 0 aliphatic carbocycles. The molecule has 0 heterocycles. The van der Waals surface area contributed by atoms with Gasteiger partial charge in [-0.2, -0.15) is 0 Å². The second-order valence-electron chi connectivity index (χ2n) is 2.99. The first-order chi connectivity index (χ1) is 6.41. The minimum Gasteiger partial charge on any atom is -0.381 e. The predicted octanol–water partition coefficient (Wildman–Crippen LogP) is 2.03. The Balaban J connectivity index is 2.76. The van der Waals surface area contributed by atoms with Crippen LogP contribution in [0.1, 0.15) is 32.6 Å². The van der Waals surface area contributed by atoms with Crippen molar-refractivity contribution in [2.24, 2.45) is 0 Å². The second kappa shape index (κ2) is 11.9. The minimum absolute atomic E-state index is 0.0282. The van der Waals surface area contributed by atoms with Crippen molar-refractivity contribution in [3.63, 3.8) is 0 Å². The van der Waals surface area contributed by atoms with Crippen molar-refractivity contribution in [3.8, 4) is 0 Å². The van der Waals surface area contributed by atoms with E-state index in [0.29, 0.717) is 13.0 Å². The molecule has 3 nitrogen and oxygen atoms in total. The highest BCUT2D eigenvalue weighted by atomic mass is 16.5. The van der Waals surface area contributed by atoms with Gasteiger partial charge in [-0.25, -0.2) is 5.11 Å². The van der Waals surface area contributed by atoms with Gasteiger partial charge < -0.3 is 9.47 Å². The topological polar surface area (TPSA) is 38.4 Å². The van der Waals surface area contributed by atoms with Crippen molar-refractivity contribution >= 4 is 0 Å². The first-order valence-corrected chi connectivity index (χ1v) is 5.15. The van der Waals surface area contributed by atoms with E-state index in [1.54, 1.807) is 0 Å². The van der Waals surface area contributed by atoms with Crippen LogP contribution >= 0.6 is 0 Å². The Kier molecular flexibility index (Phi) is 11.8. The molecular weight excluding hydrogens is 168 g/mol. The average molecular weight is 189 g/mol. The van der Waals surface area contributed by atoms with Crippen molar-refractivity contribution in [2.75, 3.05) is 33.0 Å². The largest absolute Gasteiger partial charge is 0.381 e. The van der Waals surface area contributed by atoms with Gasteiger partial charge in [-0.3, -0.25) is 0 Å². The van der Waals surface area contributed by atoms with Crippen molar-refractivity contribution < 1.29 is 14.6 Å². The van der Waals surface area contributed by atoms with Gasteiger partial charge in [0.2, 0.25) is 0 Å². The molecule has 0 N–H and O–H groups in total. The molecule has 0 bridgehead atoms. The lowest BCUT2D eigenvalue weighted by Crippen LogP contribution is -2.01. The van der Waals surface area contributed by atoms with Crippen LogP contribution in [0, 0.1) is 0 Å². The van der Waals surface area contributed by atoms with Crippen LogP contribution in [0.4, 0.5) is 0 Å². The zero-order valence-corrected chi connectivity index (χ0v) is 8.59. The second-order valence-corrected chi connectivity index (χ2v) is 2.99. The van der Waals surface area contributed by atoms with Crippen LogP contribution in [-0.4, -0.2) is 33.0 Å². The molecular formula is C10H21O3. The van der Waals surface area contributed by atoms with Crippen molar-refractivity contribution in [1.82, 2.24) is 0 Å². The minimum atomic E-state index is -0.0282. The summed E-state index contributed by atoms with van der Waals surface area (Å²) in [6.45, 7) is 5.14. The summed E-state index contributed by atoms with van der Waals surface area (Å²) < 4.78 is 10.5. The van der Waals surface area contributed by atoms with E-state index in [1.165, 1.54) is 0 Å². The molecule has 0 saturated carbocycles. The number of hydrogen-bond acceptors (Lipinski definition) is 2. The van der Waals surface area contributed by atoms with E-state index in [9.17, 15) is 5.11 Å². The lowest BCUT2D eigenvalue weighted by Gasteiger charge is -2.03.